The van der Waals surface area contributed by atoms with E-state index >= 15 is 0 Å². The van der Waals surface area contributed by atoms with Gasteiger partial charge in [0, 0.05) is 17.4 Å². The summed E-state index contributed by atoms with van der Waals surface area (Å²) in [7, 11) is 0. The molecule has 2 rings (SSSR count). The largest absolute Gasteiger partial charge is 0.375 e. The van der Waals surface area contributed by atoms with Crippen LogP contribution in [-0.4, -0.2) is 12.2 Å². The lowest BCUT2D eigenvalue weighted by Gasteiger charge is -2.66. The van der Waals surface area contributed by atoms with Crippen LogP contribution in [0.3, 0.4) is 0 Å². The van der Waals surface area contributed by atoms with Crippen LogP contribution >= 0.6 is 0 Å². The van der Waals surface area contributed by atoms with Crippen LogP contribution in [0.1, 0.15) is 46.6 Å². The van der Waals surface area contributed by atoms with E-state index in [0.717, 1.165) is 13.0 Å². The standard InChI is InChI=1S/C16H24O/c1-6-17-16(5)12-15(4,14(16,2)3)13-10-8-7-9-11-13/h7-11H,6,12H2,1-5H3. The molecule has 0 bridgehead atoms. The molecule has 1 saturated carbocycles. The van der Waals surface area contributed by atoms with Crippen LogP contribution in [0.4, 0.5) is 0 Å². The molecule has 1 aromatic carbocycles. The van der Waals surface area contributed by atoms with E-state index < -0.39 is 0 Å². The molecule has 94 valence electrons. The van der Waals surface area contributed by atoms with Crippen molar-refractivity contribution in [3.63, 3.8) is 0 Å². The number of benzene rings is 1. The summed E-state index contributed by atoms with van der Waals surface area (Å²) < 4.78 is 6.00. The maximum atomic E-state index is 6.00. The molecule has 1 heteroatoms. The van der Waals surface area contributed by atoms with Crippen LogP contribution < -0.4 is 0 Å². The smallest absolute Gasteiger partial charge is 0.0722 e. The quantitative estimate of drug-likeness (QED) is 0.760. The lowest BCUT2D eigenvalue weighted by molar-refractivity contribution is -0.224. The Kier molecular flexibility index (Phi) is 2.86. The van der Waals surface area contributed by atoms with E-state index in [9.17, 15) is 0 Å². The molecule has 1 aromatic rings. The summed E-state index contributed by atoms with van der Waals surface area (Å²) in [4.78, 5) is 0. The third kappa shape index (κ3) is 1.55. The van der Waals surface area contributed by atoms with Crippen LogP contribution in [0.15, 0.2) is 30.3 Å². The van der Waals surface area contributed by atoms with Crippen molar-refractivity contribution in [2.24, 2.45) is 5.41 Å². The lowest BCUT2D eigenvalue weighted by atomic mass is 9.42. The first-order valence-corrected chi connectivity index (χ1v) is 6.57. The van der Waals surface area contributed by atoms with Crippen molar-refractivity contribution in [1.29, 1.82) is 0 Å². The van der Waals surface area contributed by atoms with Gasteiger partial charge in [0.1, 0.15) is 0 Å². The molecular weight excluding hydrogens is 208 g/mol. The van der Waals surface area contributed by atoms with E-state index in [2.05, 4.69) is 65.0 Å². The molecule has 2 atom stereocenters. The van der Waals surface area contributed by atoms with Gasteiger partial charge in [0.15, 0.2) is 0 Å². The second kappa shape index (κ2) is 3.84. The highest BCUT2D eigenvalue weighted by Crippen LogP contribution is 2.64. The van der Waals surface area contributed by atoms with Crippen LogP contribution in [0, 0.1) is 5.41 Å². The fourth-order valence-corrected chi connectivity index (χ4v) is 3.41. The lowest BCUT2D eigenvalue weighted by Crippen LogP contribution is -2.68. The summed E-state index contributed by atoms with van der Waals surface area (Å²) in [6.45, 7) is 12.2. The highest BCUT2D eigenvalue weighted by molar-refractivity contribution is 5.35. The number of hydrogen-bond acceptors (Lipinski definition) is 1. The predicted octanol–water partition coefficient (Wildman–Crippen LogP) is 4.17. The minimum Gasteiger partial charge on any atom is -0.375 e. The van der Waals surface area contributed by atoms with Crippen LogP contribution in [0.25, 0.3) is 0 Å². The molecule has 0 radical (unpaired) electrons. The summed E-state index contributed by atoms with van der Waals surface area (Å²) >= 11 is 0. The molecule has 0 heterocycles. The van der Waals surface area contributed by atoms with E-state index in [1.54, 1.807) is 0 Å². The van der Waals surface area contributed by atoms with Gasteiger partial charge in [-0.1, -0.05) is 51.1 Å². The minimum absolute atomic E-state index is 0.00629. The molecule has 1 nitrogen and oxygen atoms in total. The topological polar surface area (TPSA) is 9.23 Å². The zero-order chi connectivity index (χ0) is 12.7. The second-order valence-corrected chi connectivity index (χ2v) is 6.16. The van der Waals surface area contributed by atoms with Gasteiger partial charge in [-0.05, 0) is 25.8 Å². The molecule has 0 N–H and O–H groups in total. The molecule has 1 aliphatic carbocycles. The first-order chi connectivity index (χ1) is 7.87. The fraction of sp³-hybridized carbons (Fsp3) is 0.625. The summed E-state index contributed by atoms with van der Waals surface area (Å²) in [5, 5.41) is 0. The summed E-state index contributed by atoms with van der Waals surface area (Å²) in [5.41, 5.74) is 1.82. The van der Waals surface area contributed by atoms with Gasteiger partial charge in [-0.25, -0.2) is 0 Å². The van der Waals surface area contributed by atoms with Crippen LogP contribution in [-0.2, 0) is 10.2 Å². The monoisotopic (exact) mass is 232 g/mol. The number of rotatable bonds is 3. The van der Waals surface area contributed by atoms with Crippen molar-refractivity contribution in [2.45, 2.75) is 52.1 Å². The Morgan fingerprint density at radius 2 is 1.65 bits per heavy atom. The normalized spacial score (nSPS) is 35.4. The Labute approximate surface area is 105 Å². The predicted molar refractivity (Wildman–Crippen MR) is 72.2 cm³/mol. The maximum Gasteiger partial charge on any atom is 0.0722 e. The van der Waals surface area contributed by atoms with Gasteiger partial charge in [-0.3, -0.25) is 0 Å². The molecule has 1 fully saturated rings. The highest BCUT2D eigenvalue weighted by atomic mass is 16.5. The first kappa shape index (κ1) is 12.6. The van der Waals surface area contributed by atoms with Gasteiger partial charge in [0.25, 0.3) is 0 Å². The number of hydrogen-bond donors (Lipinski definition) is 0. The molecule has 2 unspecified atom stereocenters. The minimum atomic E-state index is 0.00629. The molecule has 0 aliphatic heterocycles. The van der Waals surface area contributed by atoms with Crippen LogP contribution in [0.5, 0.6) is 0 Å². The van der Waals surface area contributed by atoms with Gasteiger partial charge >= 0.3 is 0 Å². The Morgan fingerprint density at radius 3 is 2.12 bits per heavy atom. The van der Waals surface area contributed by atoms with Crippen molar-refractivity contribution in [2.75, 3.05) is 6.61 Å². The molecule has 0 spiro atoms. The van der Waals surface area contributed by atoms with Gasteiger partial charge in [0.05, 0.1) is 5.60 Å². The Bertz CT molecular complexity index is 395. The molecule has 0 saturated heterocycles. The number of ether oxygens (including phenoxy) is 1. The molecular formula is C16H24O. The van der Waals surface area contributed by atoms with Crippen molar-refractivity contribution in [3.8, 4) is 0 Å². The Balaban J connectivity index is 2.32. The maximum absolute atomic E-state index is 6.00. The van der Waals surface area contributed by atoms with Gasteiger partial charge in [-0.2, -0.15) is 0 Å². The van der Waals surface area contributed by atoms with E-state index in [1.807, 2.05) is 0 Å². The zero-order valence-electron chi connectivity index (χ0n) is 11.7. The van der Waals surface area contributed by atoms with E-state index in [4.69, 9.17) is 4.74 Å². The fourth-order valence-electron chi connectivity index (χ4n) is 3.41. The third-order valence-corrected chi connectivity index (χ3v) is 5.27. The second-order valence-electron chi connectivity index (χ2n) is 6.16. The Morgan fingerprint density at radius 1 is 1.06 bits per heavy atom. The third-order valence-electron chi connectivity index (χ3n) is 5.27. The van der Waals surface area contributed by atoms with E-state index in [0.29, 0.717) is 0 Å². The summed E-state index contributed by atoms with van der Waals surface area (Å²) in [5.74, 6) is 0. The first-order valence-electron chi connectivity index (χ1n) is 6.57. The van der Waals surface area contributed by atoms with Crippen molar-refractivity contribution in [1.82, 2.24) is 0 Å². The molecule has 17 heavy (non-hydrogen) atoms. The van der Waals surface area contributed by atoms with Gasteiger partial charge < -0.3 is 4.74 Å². The molecule has 0 aromatic heterocycles. The van der Waals surface area contributed by atoms with E-state index in [1.165, 1.54) is 5.56 Å². The van der Waals surface area contributed by atoms with Gasteiger partial charge in [0.2, 0.25) is 0 Å². The van der Waals surface area contributed by atoms with Gasteiger partial charge in [-0.15, -0.1) is 0 Å². The summed E-state index contributed by atoms with van der Waals surface area (Å²) in [6.07, 6.45) is 1.10. The summed E-state index contributed by atoms with van der Waals surface area (Å²) in [6, 6.07) is 10.8. The van der Waals surface area contributed by atoms with Crippen molar-refractivity contribution in [3.05, 3.63) is 35.9 Å². The van der Waals surface area contributed by atoms with Crippen molar-refractivity contribution < 1.29 is 4.74 Å². The van der Waals surface area contributed by atoms with Crippen LogP contribution in [0.2, 0.25) is 0 Å². The molecule has 0 amide bonds. The molecule has 1 aliphatic rings. The SMILES string of the molecule is CCOC1(C)CC(C)(c2ccccc2)C1(C)C. The van der Waals surface area contributed by atoms with Crippen molar-refractivity contribution >= 4 is 0 Å². The zero-order valence-corrected chi connectivity index (χ0v) is 11.7. The Hall–Kier alpha value is -0.820. The highest BCUT2D eigenvalue weighted by Gasteiger charge is 2.65. The average Bonchev–Trinajstić information content (AvgIpc) is 2.30. The average molecular weight is 232 g/mol. The van der Waals surface area contributed by atoms with E-state index in [-0.39, 0.29) is 16.4 Å².